The van der Waals surface area contributed by atoms with Gasteiger partial charge < -0.3 is 0 Å². The molecule has 40 heavy (non-hydrogen) atoms. The summed E-state index contributed by atoms with van der Waals surface area (Å²) in [6.45, 7) is 1.48. The summed E-state index contributed by atoms with van der Waals surface area (Å²) in [7, 11) is 0. The molecule has 13 heteroatoms. The summed E-state index contributed by atoms with van der Waals surface area (Å²) in [6.07, 6.45) is -11.3. The van der Waals surface area contributed by atoms with Gasteiger partial charge in [0.1, 0.15) is 11.5 Å². The zero-order chi connectivity index (χ0) is 29.5. The largest absolute Gasteiger partial charge is 0.435 e. The highest BCUT2D eigenvalue weighted by Gasteiger charge is 2.73. The van der Waals surface area contributed by atoms with Crippen LogP contribution in [-0.4, -0.2) is 33.1 Å². The first kappa shape index (κ1) is 29.4. The maximum atomic E-state index is 14.7. The van der Waals surface area contributed by atoms with E-state index in [-0.39, 0.29) is 39.8 Å². The number of carbonyl (C=O) groups excluding carboxylic acids is 1. The van der Waals surface area contributed by atoms with Crippen LogP contribution in [0.25, 0.3) is 16.9 Å². The van der Waals surface area contributed by atoms with Gasteiger partial charge in [0.2, 0.25) is 0 Å². The van der Waals surface area contributed by atoms with E-state index < -0.39 is 35.2 Å². The Bertz CT molecular complexity index is 1550. The number of aryl methyl sites for hydroxylation is 1. The van der Waals surface area contributed by atoms with E-state index in [1.165, 1.54) is 31.3 Å². The number of nitrogens with zero attached hydrogens (tertiary/aromatic N) is 3. The molecule has 0 atom stereocenters. The van der Waals surface area contributed by atoms with Crippen molar-refractivity contribution < 1.29 is 39.9 Å². The third kappa shape index (κ3) is 5.38. The van der Waals surface area contributed by atoms with Crippen LogP contribution in [0.5, 0.6) is 0 Å². The molecule has 0 aliphatic carbocycles. The van der Waals surface area contributed by atoms with E-state index in [0.29, 0.717) is 23.3 Å². The third-order valence-corrected chi connectivity index (χ3v) is 6.79. The summed E-state index contributed by atoms with van der Waals surface area (Å²) >= 11 is 2.98. The summed E-state index contributed by atoms with van der Waals surface area (Å²) in [5.74, 6) is -1.09. The van der Waals surface area contributed by atoms with Crippen LogP contribution in [0.3, 0.4) is 0 Å². The molecular weight excluding hydrogens is 614 g/mol. The molecule has 0 N–H and O–H groups in total. The molecule has 4 rings (SSSR count). The van der Waals surface area contributed by atoms with Gasteiger partial charge in [-0.15, -0.1) is 5.10 Å². The Morgan fingerprint density at radius 2 is 1.60 bits per heavy atom. The number of carbonyl (C=O) groups is 1. The molecule has 0 saturated carbocycles. The molecule has 0 bridgehead atoms. The summed E-state index contributed by atoms with van der Waals surface area (Å²) in [5.41, 5.74) is -5.95. The Balaban J connectivity index is 1.69. The molecule has 4 aromatic rings. The van der Waals surface area contributed by atoms with Gasteiger partial charge in [-0.2, -0.15) is 26.3 Å². The first-order chi connectivity index (χ1) is 18.7. The highest BCUT2D eigenvalue weighted by Crippen LogP contribution is 2.54. The summed E-state index contributed by atoms with van der Waals surface area (Å²) < 4.78 is 109. The van der Waals surface area contributed by atoms with Crippen LogP contribution in [0, 0.1) is 5.82 Å². The number of aromatic nitrogens is 3. The predicted molar refractivity (Wildman–Crippen MR) is 133 cm³/mol. The van der Waals surface area contributed by atoms with E-state index in [1.807, 2.05) is 0 Å². The summed E-state index contributed by atoms with van der Waals surface area (Å²) in [6, 6.07) is 13.0. The van der Waals surface area contributed by atoms with Gasteiger partial charge in [-0.1, -0.05) is 42.5 Å². The fraction of sp³-hybridized carbons (Fsp3) is 0.222. The number of rotatable bonds is 7. The molecule has 1 heterocycles. The predicted octanol–water partition coefficient (Wildman–Crippen LogP) is 8.11. The molecule has 0 unspecified atom stereocenters. The van der Waals surface area contributed by atoms with E-state index in [4.69, 9.17) is 0 Å². The van der Waals surface area contributed by atoms with Crippen molar-refractivity contribution in [3.63, 3.8) is 0 Å². The van der Waals surface area contributed by atoms with Crippen molar-refractivity contribution >= 4 is 21.7 Å². The molecule has 0 radical (unpaired) electrons. The normalized spacial score (nSPS) is 12.6. The van der Waals surface area contributed by atoms with E-state index in [9.17, 15) is 39.9 Å². The van der Waals surface area contributed by atoms with Crippen LogP contribution in [0.4, 0.5) is 35.1 Å². The average molecular weight is 632 g/mol. The SMILES string of the molecule is CCc1cc(C(F)(C(F)(F)F)C(F)(F)F)cc(Br)c1-n1cc(-c2cccc(CC(=O)c3ccccc3F)c2)nn1. The van der Waals surface area contributed by atoms with Gasteiger partial charge in [0.05, 0.1) is 17.4 Å². The Kier molecular flexibility index (Phi) is 7.90. The summed E-state index contributed by atoms with van der Waals surface area (Å²) in [5, 5.41) is 7.99. The monoisotopic (exact) mass is 631 g/mol. The number of alkyl halides is 7. The topological polar surface area (TPSA) is 47.8 Å². The van der Waals surface area contributed by atoms with E-state index in [0.717, 1.165) is 4.68 Å². The lowest BCUT2D eigenvalue weighted by Gasteiger charge is -2.31. The lowest BCUT2D eigenvalue weighted by molar-refractivity contribution is -0.348. The standard InChI is InChI=1S/C27H18BrF8N3O/c1-2-16-12-18(25(30,26(31,32)33)27(34,35)36)13-20(28)24(16)39-14-22(37-38-39)17-7-5-6-15(10-17)11-23(40)19-8-3-4-9-21(19)29/h3-10,12-14H,2,11H2,1H3. The summed E-state index contributed by atoms with van der Waals surface area (Å²) in [4.78, 5) is 12.6. The van der Waals surface area contributed by atoms with Crippen molar-refractivity contribution in [2.75, 3.05) is 0 Å². The smallest absolute Gasteiger partial charge is 0.294 e. The first-order valence-corrected chi connectivity index (χ1v) is 12.4. The molecule has 0 aliphatic rings. The number of ketones is 1. The van der Waals surface area contributed by atoms with E-state index >= 15 is 0 Å². The van der Waals surface area contributed by atoms with Gasteiger partial charge in [-0.05, 0) is 63.8 Å². The van der Waals surface area contributed by atoms with Gasteiger partial charge >= 0.3 is 18.0 Å². The van der Waals surface area contributed by atoms with E-state index in [2.05, 4.69) is 26.2 Å². The number of halogens is 9. The van der Waals surface area contributed by atoms with Gasteiger partial charge in [0.25, 0.3) is 0 Å². The second-order valence-corrected chi connectivity index (χ2v) is 9.66. The van der Waals surface area contributed by atoms with E-state index in [1.54, 1.807) is 30.3 Å². The lowest BCUT2D eigenvalue weighted by Crippen LogP contribution is -2.50. The van der Waals surface area contributed by atoms with Crippen molar-refractivity contribution in [2.24, 2.45) is 0 Å². The maximum Gasteiger partial charge on any atom is 0.435 e. The van der Waals surface area contributed by atoms with Crippen LogP contribution >= 0.6 is 15.9 Å². The minimum atomic E-state index is -6.25. The molecule has 0 saturated heterocycles. The van der Waals surface area contributed by atoms with Crippen LogP contribution < -0.4 is 0 Å². The third-order valence-electron chi connectivity index (χ3n) is 6.19. The quantitative estimate of drug-likeness (QED) is 0.153. The average Bonchev–Trinajstić information content (AvgIpc) is 3.36. The Hall–Kier alpha value is -3.61. The van der Waals surface area contributed by atoms with Crippen LogP contribution in [0.2, 0.25) is 0 Å². The Labute approximate surface area is 230 Å². The molecular formula is C27H18BrF8N3O. The zero-order valence-corrected chi connectivity index (χ0v) is 22.0. The van der Waals surface area contributed by atoms with Crippen LogP contribution in [0.1, 0.15) is 34.0 Å². The highest BCUT2D eigenvalue weighted by atomic mass is 79.9. The minimum absolute atomic E-state index is 0.0550. The fourth-order valence-electron chi connectivity index (χ4n) is 4.18. The molecule has 0 aliphatic heterocycles. The highest BCUT2D eigenvalue weighted by molar-refractivity contribution is 9.10. The molecule has 0 spiro atoms. The zero-order valence-electron chi connectivity index (χ0n) is 20.4. The minimum Gasteiger partial charge on any atom is -0.294 e. The second-order valence-electron chi connectivity index (χ2n) is 8.80. The molecule has 0 amide bonds. The molecule has 3 aromatic carbocycles. The fourth-order valence-corrected chi connectivity index (χ4v) is 4.87. The number of hydrogen-bond acceptors (Lipinski definition) is 3. The Morgan fingerprint density at radius 1 is 0.925 bits per heavy atom. The number of Topliss-reactive ketones (excluding diaryl/α,β-unsaturated/α-hetero) is 1. The van der Waals surface area contributed by atoms with Gasteiger partial charge in [-0.25, -0.2) is 13.5 Å². The van der Waals surface area contributed by atoms with Gasteiger partial charge in [0.15, 0.2) is 5.78 Å². The van der Waals surface area contributed by atoms with Crippen LogP contribution in [-0.2, 0) is 18.5 Å². The number of benzene rings is 3. The Morgan fingerprint density at radius 3 is 2.23 bits per heavy atom. The van der Waals surface area contributed by atoms with Gasteiger partial charge in [0, 0.05) is 22.0 Å². The number of hydrogen-bond donors (Lipinski definition) is 0. The first-order valence-electron chi connectivity index (χ1n) is 11.6. The van der Waals surface area contributed by atoms with Crippen molar-refractivity contribution in [1.82, 2.24) is 15.0 Å². The van der Waals surface area contributed by atoms with Crippen molar-refractivity contribution in [3.05, 3.63) is 99.4 Å². The van der Waals surface area contributed by atoms with Gasteiger partial charge in [-0.3, -0.25) is 4.79 Å². The van der Waals surface area contributed by atoms with Crippen molar-refractivity contribution in [1.29, 1.82) is 0 Å². The molecule has 0 fully saturated rings. The second kappa shape index (κ2) is 10.8. The van der Waals surface area contributed by atoms with Crippen molar-refractivity contribution in [2.45, 2.75) is 37.8 Å². The maximum absolute atomic E-state index is 14.7. The van der Waals surface area contributed by atoms with Crippen LogP contribution in [0.15, 0.2) is 71.3 Å². The molecule has 210 valence electrons. The molecule has 1 aromatic heterocycles. The lowest BCUT2D eigenvalue weighted by atomic mass is 9.91. The van der Waals surface area contributed by atoms with Crippen molar-refractivity contribution in [3.8, 4) is 16.9 Å². The molecule has 4 nitrogen and oxygen atoms in total.